The number of methoxy groups -OCH3 is 1. The molecule has 0 saturated carbocycles. The Morgan fingerprint density at radius 3 is 2.33 bits per heavy atom. The minimum absolute atomic E-state index is 0.0407. The van der Waals surface area contributed by atoms with E-state index in [2.05, 4.69) is 15.0 Å². The molecule has 0 spiro atoms. The first kappa shape index (κ1) is 23.3. The average Bonchev–Trinajstić information content (AvgIpc) is 2.75. The molecule has 1 aromatic carbocycles. The molecular formula is C20H25N3O6S. The second-order valence-corrected chi connectivity index (χ2v) is 8.00. The maximum absolute atomic E-state index is 12.8. The van der Waals surface area contributed by atoms with E-state index in [0.717, 1.165) is 0 Å². The van der Waals surface area contributed by atoms with Crippen molar-refractivity contribution in [2.24, 2.45) is 0 Å². The van der Waals surface area contributed by atoms with Gasteiger partial charge in [0.25, 0.3) is 5.91 Å². The molecule has 1 heterocycles. The molecule has 1 N–H and O–H groups in total. The summed E-state index contributed by atoms with van der Waals surface area (Å²) in [4.78, 5) is 28.1. The predicted molar refractivity (Wildman–Crippen MR) is 111 cm³/mol. The third-order valence-electron chi connectivity index (χ3n) is 4.26. The monoisotopic (exact) mass is 435 g/mol. The number of esters is 1. The molecule has 0 aliphatic rings. The first-order chi connectivity index (χ1) is 14.3. The van der Waals surface area contributed by atoms with Crippen molar-refractivity contribution in [3.63, 3.8) is 0 Å². The molecule has 10 heteroatoms. The molecule has 9 nitrogen and oxygen atoms in total. The van der Waals surface area contributed by atoms with Crippen LogP contribution in [-0.4, -0.2) is 56.4 Å². The third-order valence-corrected chi connectivity index (χ3v) is 6.31. The zero-order chi connectivity index (χ0) is 22.3. The molecule has 0 radical (unpaired) electrons. The molecule has 2 aromatic rings. The number of nitrogens with zero attached hydrogens (tertiary/aromatic N) is 2. The largest absolute Gasteiger partial charge is 0.492 e. The predicted octanol–water partition coefficient (Wildman–Crippen LogP) is 2.55. The van der Waals surface area contributed by atoms with E-state index < -0.39 is 21.9 Å². The summed E-state index contributed by atoms with van der Waals surface area (Å²) in [6.45, 7) is 6.26. The summed E-state index contributed by atoms with van der Waals surface area (Å²) in [5, 5.41) is 2.64. The number of sulfonamides is 1. The molecule has 0 saturated heterocycles. The Labute approximate surface area is 176 Å². The lowest BCUT2D eigenvalue weighted by Crippen LogP contribution is -2.30. The second kappa shape index (κ2) is 10.2. The van der Waals surface area contributed by atoms with Gasteiger partial charge in [-0.1, -0.05) is 13.8 Å². The Morgan fingerprint density at radius 2 is 1.80 bits per heavy atom. The first-order valence-electron chi connectivity index (χ1n) is 9.41. The maximum Gasteiger partial charge on any atom is 0.339 e. The van der Waals surface area contributed by atoms with E-state index in [9.17, 15) is 18.0 Å². The molecule has 162 valence electrons. The number of ether oxygens (including phenoxy) is 2. The number of benzene rings is 1. The highest BCUT2D eigenvalue weighted by Gasteiger charge is 2.23. The number of amides is 1. The molecule has 2 rings (SSSR count). The topological polar surface area (TPSA) is 115 Å². The fraction of sp³-hybridized carbons (Fsp3) is 0.350. The van der Waals surface area contributed by atoms with Crippen LogP contribution in [0.25, 0.3) is 0 Å². The van der Waals surface area contributed by atoms with Crippen LogP contribution in [0.2, 0.25) is 0 Å². The second-order valence-electron chi connectivity index (χ2n) is 6.06. The van der Waals surface area contributed by atoms with Gasteiger partial charge in [-0.15, -0.1) is 0 Å². The highest BCUT2D eigenvalue weighted by Crippen LogP contribution is 2.29. The summed E-state index contributed by atoms with van der Waals surface area (Å²) in [5.74, 6) is -0.817. The highest BCUT2D eigenvalue weighted by atomic mass is 32.2. The number of nitrogens with one attached hydrogen (secondary N) is 1. The molecule has 1 aromatic heterocycles. The SMILES string of the molecule is CCOc1ccc(S(=O)(=O)N(CC)CC)cc1NC(=O)c1ccc(C(=O)OC)cn1. The summed E-state index contributed by atoms with van der Waals surface area (Å²) in [6, 6.07) is 7.09. The summed E-state index contributed by atoms with van der Waals surface area (Å²) >= 11 is 0. The van der Waals surface area contributed by atoms with Crippen molar-refractivity contribution >= 4 is 27.6 Å². The van der Waals surface area contributed by atoms with Crippen molar-refractivity contribution in [1.82, 2.24) is 9.29 Å². The van der Waals surface area contributed by atoms with E-state index in [1.165, 1.54) is 47.9 Å². The molecule has 0 aliphatic heterocycles. The van der Waals surface area contributed by atoms with Gasteiger partial charge < -0.3 is 14.8 Å². The zero-order valence-corrected chi connectivity index (χ0v) is 18.2. The van der Waals surface area contributed by atoms with Crippen LogP contribution >= 0.6 is 0 Å². The summed E-state index contributed by atoms with van der Waals surface area (Å²) < 4.78 is 37.1. The molecular weight excluding hydrogens is 410 g/mol. The van der Waals surface area contributed by atoms with E-state index in [1.807, 2.05) is 0 Å². The van der Waals surface area contributed by atoms with E-state index in [1.54, 1.807) is 20.8 Å². The van der Waals surface area contributed by atoms with E-state index in [4.69, 9.17) is 4.74 Å². The Balaban J connectivity index is 2.37. The number of carbonyl (C=O) groups is 2. The van der Waals surface area contributed by atoms with Gasteiger partial charge in [-0.05, 0) is 37.3 Å². The zero-order valence-electron chi connectivity index (χ0n) is 17.3. The van der Waals surface area contributed by atoms with Crippen molar-refractivity contribution in [3.05, 3.63) is 47.8 Å². The van der Waals surface area contributed by atoms with Crippen LogP contribution in [0.15, 0.2) is 41.4 Å². The third kappa shape index (κ3) is 5.14. The van der Waals surface area contributed by atoms with E-state index in [0.29, 0.717) is 25.4 Å². The van der Waals surface area contributed by atoms with Crippen molar-refractivity contribution in [3.8, 4) is 5.75 Å². The number of pyridine rings is 1. The molecule has 0 fully saturated rings. The van der Waals surface area contributed by atoms with Crippen molar-refractivity contribution in [2.75, 3.05) is 32.1 Å². The minimum Gasteiger partial charge on any atom is -0.492 e. The lowest BCUT2D eigenvalue weighted by molar-refractivity contribution is 0.0600. The molecule has 30 heavy (non-hydrogen) atoms. The number of rotatable bonds is 9. The lowest BCUT2D eigenvalue weighted by Gasteiger charge is -2.20. The Kier molecular flexibility index (Phi) is 7.90. The number of aromatic nitrogens is 1. The molecule has 0 unspecified atom stereocenters. The minimum atomic E-state index is -3.71. The quantitative estimate of drug-likeness (QED) is 0.602. The van der Waals surface area contributed by atoms with Gasteiger partial charge in [-0.3, -0.25) is 9.78 Å². The normalized spacial score (nSPS) is 11.2. The van der Waals surface area contributed by atoms with Crippen LogP contribution in [0.3, 0.4) is 0 Å². The smallest absolute Gasteiger partial charge is 0.339 e. The Morgan fingerprint density at radius 1 is 1.10 bits per heavy atom. The van der Waals surface area contributed by atoms with Crippen LogP contribution in [-0.2, 0) is 14.8 Å². The van der Waals surface area contributed by atoms with Crippen molar-refractivity contribution in [2.45, 2.75) is 25.7 Å². The average molecular weight is 436 g/mol. The van der Waals surface area contributed by atoms with Gasteiger partial charge in [0.05, 0.1) is 29.9 Å². The van der Waals surface area contributed by atoms with Gasteiger partial charge in [0.15, 0.2) is 0 Å². The standard InChI is InChI=1S/C20H25N3O6S/c1-5-23(6-2)30(26,27)15-9-11-18(29-7-3)17(12-15)22-19(24)16-10-8-14(13-21-16)20(25)28-4/h8-13H,5-7H2,1-4H3,(H,22,24). The van der Waals surface area contributed by atoms with Crippen LogP contribution in [0.5, 0.6) is 5.75 Å². The molecule has 0 atom stereocenters. The maximum atomic E-state index is 12.8. The number of hydrogen-bond donors (Lipinski definition) is 1. The first-order valence-corrected chi connectivity index (χ1v) is 10.8. The molecule has 1 amide bonds. The number of hydrogen-bond acceptors (Lipinski definition) is 7. The van der Waals surface area contributed by atoms with Gasteiger partial charge in [-0.2, -0.15) is 4.31 Å². The van der Waals surface area contributed by atoms with Crippen molar-refractivity contribution in [1.29, 1.82) is 0 Å². The van der Waals surface area contributed by atoms with Gasteiger partial charge in [0, 0.05) is 19.3 Å². The van der Waals surface area contributed by atoms with E-state index in [-0.39, 0.29) is 21.8 Å². The van der Waals surface area contributed by atoms with Gasteiger partial charge in [-0.25, -0.2) is 13.2 Å². The molecule has 0 aliphatic carbocycles. The Bertz CT molecular complexity index is 1000. The lowest BCUT2D eigenvalue weighted by atomic mass is 10.2. The summed E-state index contributed by atoms with van der Waals surface area (Å²) in [5.41, 5.74) is 0.451. The number of carbonyl (C=O) groups excluding carboxylic acids is 2. The van der Waals surface area contributed by atoms with Gasteiger partial charge in [0.1, 0.15) is 11.4 Å². The number of anilines is 1. The molecule has 0 bridgehead atoms. The van der Waals surface area contributed by atoms with Crippen molar-refractivity contribution < 1.29 is 27.5 Å². The Hall–Kier alpha value is -2.98. The van der Waals surface area contributed by atoms with Crippen LogP contribution in [0.4, 0.5) is 5.69 Å². The van der Waals surface area contributed by atoms with E-state index >= 15 is 0 Å². The highest BCUT2D eigenvalue weighted by molar-refractivity contribution is 7.89. The fourth-order valence-corrected chi connectivity index (χ4v) is 4.20. The van der Waals surface area contributed by atoms with Crippen LogP contribution in [0, 0.1) is 0 Å². The van der Waals surface area contributed by atoms with Crippen LogP contribution < -0.4 is 10.1 Å². The van der Waals surface area contributed by atoms with Gasteiger partial charge >= 0.3 is 5.97 Å². The van der Waals surface area contributed by atoms with Crippen LogP contribution in [0.1, 0.15) is 41.6 Å². The summed E-state index contributed by atoms with van der Waals surface area (Å²) in [6.07, 6.45) is 1.23. The summed E-state index contributed by atoms with van der Waals surface area (Å²) in [7, 11) is -2.47. The van der Waals surface area contributed by atoms with Gasteiger partial charge in [0.2, 0.25) is 10.0 Å². The fourth-order valence-electron chi connectivity index (χ4n) is 2.71.